The molecule has 0 radical (unpaired) electrons. The third-order valence-corrected chi connectivity index (χ3v) is 4.44. The largest absolute Gasteiger partial charge is 0.497 e. The van der Waals surface area contributed by atoms with Gasteiger partial charge in [0.1, 0.15) is 11.5 Å². The number of rotatable bonds is 5. The zero-order chi connectivity index (χ0) is 17.1. The number of anilines is 1. The van der Waals surface area contributed by atoms with Crippen molar-refractivity contribution in [3.8, 4) is 5.75 Å². The van der Waals surface area contributed by atoms with E-state index in [1.165, 1.54) is 0 Å². The number of ether oxygens (including phenoxy) is 1. The maximum absolute atomic E-state index is 12.6. The van der Waals surface area contributed by atoms with Gasteiger partial charge in [0.2, 0.25) is 11.8 Å². The highest BCUT2D eigenvalue weighted by molar-refractivity contribution is 5.95. The van der Waals surface area contributed by atoms with Crippen LogP contribution in [0.15, 0.2) is 28.7 Å². The standard InChI is InChI=1S/C18H23N3O3/c1-12-13(2)24-17(19-12)11-21-10-4-5-16(21)18(22)20-14-6-8-15(23-3)9-7-14/h6-9,16H,4-5,10-11H2,1-3H3,(H,20,22)/t16-/m1/s1. The minimum Gasteiger partial charge on any atom is -0.497 e. The monoisotopic (exact) mass is 329 g/mol. The molecule has 2 heterocycles. The predicted molar refractivity (Wildman–Crippen MR) is 91.0 cm³/mol. The van der Waals surface area contributed by atoms with Gasteiger partial charge in [-0.1, -0.05) is 0 Å². The first kappa shape index (κ1) is 16.5. The van der Waals surface area contributed by atoms with E-state index < -0.39 is 0 Å². The first-order valence-electron chi connectivity index (χ1n) is 8.18. The second-order valence-electron chi connectivity index (χ2n) is 6.10. The highest BCUT2D eigenvalue weighted by Crippen LogP contribution is 2.23. The number of aryl methyl sites for hydroxylation is 2. The number of methoxy groups -OCH3 is 1. The number of benzene rings is 1. The van der Waals surface area contributed by atoms with Crippen molar-refractivity contribution in [2.75, 3.05) is 19.0 Å². The van der Waals surface area contributed by atoms with E-state index in [2.05, 4.69) is 15.2 Å². The molecule has 1 N–H and O–H groups in total. The number of oxazole rings is 1. The molecule has 24 heavy (non-hydrogen) atoms. The van der Waals surface area contributed by atoms with Crippen molar-refractivity contribution in [2.45, 2.75) is 39.3 Å². The Kier molecular flexibility index (Phi) is 4.85. The van der Waals surface area contributed by atoms with Crippen molar-refractivity contribution in [3.63, 3.8) is 0 Å². The summed E-state index contributed by atoms with van der Waals surface area (Å²) in [6.45, 7) is 5.28. The predicted octanol–water partition coefficient (Wildman–Crippen LogP) is 2.90. The van der Waals surface area contributed by atoms with Gasteiger partial charge in [-0.3, -0.25) is 9.69 Å². The molecule has 0 unspecified atom stereocenters. The Balaban J connectivity index is 1.64. The van der Waals surface area contributed by atoms with Gasteiger partial charge in [0, 0.05) is 5.69 Å². The van der Waals surface area contributed by atoms with E-state index in [0.29, 0.717) is 12.4 Å². The fraction of sp³-hybridized carbons (Fsp3) is 0.444. The maximum Gasteiger partial charge on any atom is 0.241 e. The highest BCUT2D eigenvalue weighted by atomic mass is 16.5. The summed E-state index contributed by atoms with van der Waals surface area (Å²) < 4.78 is 10.8. The Morgan fingerprint density at radius 2 is 2.12 bits per heavy atom. The van der Waals surface area contributed by atoms with Crippen LogP contribution in [0.5, 0.6) is 5.75 Å². The third-order valence-electron chi connectivity index (χ3n) is 4.44. The van der Waals surface area contributed by atoms with Crippen LogP contribution in [0, 0.1) is 13.8 Å². The second-order valence-corrected chi connectivity index (χ2v) is 6.10. The molecule has 1 aromatic carbocycles. The van der Waals surface area contributed by atoms with E-state index in [1.807, 2.05) is 38.1 Å². The third kappa shape index (κ3) is 3.59. The molecule has 1 amide bonds. The van der Waals surface area contributed by atoms with Gasteiger partial charge >= 0.3 is 0 Å². The molecular weight excluding hydrogens is 306 g/mol. The number of hydrogen-bond acceptors (Lipinski definition) is 5. The number of carbonyl (C=O) groups is 1. The summed E-state index contributed by atoms with van der Waals surface area (Å²) in [6.07, 6.45) is 1.85. The molecule has 2 aromatic rings. The molecule has 1 fully saturated rings. The molecule has 1 saturated heterocycles. The van der Waals surface area contributed by atoms with E-state index >= 15 is 0 Å². The Hall–Kier alpha value is -2.34. The van der Waals surface area contributed by atoms with Crippen LogP contribution in [0.1, 0.15) is 30.2 Å². The zero-order valence-corrected chi connectivity index (χ0v) is 14.3. The SMILES string of the molecule is COc1ccc(NC(=O)[C@H]2CCCN2Cc2nc(C)c(C)o2)cc1. The maximum atomic E-state index is 12.6. The van der Waals surface area contributed by atoms with Crippen molar-refractivity contribution in [1.29, 1.82) is 0 Å². The first-order valence-corrected chi connectivity index (χ1v) is 8.18. The van der Waals surface area contributed by atoms with Crippen LogP contribution < -0.4 is 10.1 Å². The summed E-state index contributed by atoms with van der Waals surface area (Å²) in [5.41, 5.74) is 1.68. The fourth-order valence-electron chi connectivity index (χ4n) is 2.99. The van der Waals surface area contributed by atoms with E-state index in [0.717, 1.165) is 42.3 Å². The summed E-state index contributed by atoms with van der Waals surface area (Å²) in [7, 11) is 1.62. The molecule has 1 aliphatic rings. The van der Waals surface area contributed by atoms with Crippen molar-refractivity contribution in [3.05, 3.63) is 41.6 Å². The van der Waals surface area contributed by atoms with E-state index in [9.17, 15) is 4.79 Å². The normalized spacial score (nSPS) is 17.9. The average Bonchev–Trinajstić information content (AvgIpc) is 3.15. The number of nitrogens with zero attached hydrogens (tertiary/aromatic N) is 2. The Bertz CT molecular complexity index is 689. The van der Waals surface area contributed by atoms with Crippen LogP contribution >= 0.6 is 0 Å². The van der Waals surface area contributed by atoms with Gasteiger partial charge < -0.3 is 14.5 Å². The van der Waals surface area contributed by atoms with Crippen molar-refractivity contribution in [2.24, 2.45) is 0 Å². The molecule has 0 saturated carbocycles. The lowest BCUT2D eigenvalue weighted by molar-refractivity contribution is -0.120. The number of amides is 1. The Labute approximate surface area is 141 Å². The number of likely N-dealkylation sites (tertiary alicyclic amines) is 1. The number of aromatic nitrogens is 1. The molecular formula is C18H23N3O3. The minimum atomic E-state index is -0.153. The van der Waals surface area contributed by atoms with Crippen molar-refractivity contribution >= 4 is 11.6 Å². The number of carbonyl (C=O) groups excluding carboxylic acids is 1. The minimum absolute atomic E-state index is 0.0117. The topological polar surface area (TPSA) is 67.6 Å². The Morgan fingerprint density at radius 1 is 1.38 bits per heavy atom. The lowest BCUT2D eigenvalue weighted by Crippen LogP contribution is -2.39. The second kappa shape index (κ2) is 7.05. The molecule has 0 aliphatic carbocycles. The van der Waals surface area contributed by atoms with Crippen LogP contribution in [0.3, 0.4) is 0 Å². The van der Waals surface area contributed by atoms with Crippen LogP contribution in [0.2, 0.25) is 0 Å². The quantitative estimate of drug-likeness (QED) is 0.913. The van der Waals surface area contributed by atoms with Gasteiger partial charge in [-0.05, 0) is 57.5 Å². The van der Waals surface area contributed by atoms with Gasteiger partial charge in [-0.25, -0.2) is 4.98 Å². The first-order chi connectivity index (χ1) is 11.6. The van der Waals surface area contributed by atoms with Crippen LogP contribution in [0.4, 0.5) is 5.69 Å². The van der Waals surface area contributed by atoms with E-state index in [4.69, 9.17) is 9.15 Å². The summed E-state index contributed by atoms with van der Waals surface area (Å²) in [5, 5.41) is 2.98. The highest BCUT2D eigenvalue weighted by Gasteiger charge is 2.31. The molecule has 0 bridgehead atoms. The number of nitrogens with one attached hydrogen (secondary N) is 1. The van der Waals surface area contributed by atoms with Gasteiger partial charge in [0.25, 0.3) is 0 Å². The number of hydrogen-bond donors (Lipinski definition) is 1. The fourth-order valence-corrected chi connectivity index (χ4v) is 2.99. The summed E-state index contributed by atoms with van der Waals surface area (Å²) in [6, 6.07) is 7.20. The molecule has 0 spiro atoms. The molecule has 6 nitrogen and oxygen atoms in total. The lowest BCUT2D eigenvalue weighted by atomic mass is 10.2. The van der Waals surface area contributed by atoms with Gasteiger partial charge in [0.05, 0.1) is 25.4 Å². The van der Waals surface area contributed by atoms with E-state index in [1.54, 1.807) is 7.11 Å². The smallest absolute Gasteiger partial charge is 0.241 e. The molecule has 1 atom stereocenters. The van der Waals surface area contributed by atoms with Crippen LogP contribution in [0.25, 0.3) is 0 Å². The lowest BCUT2D eigenvalue weighted by Gasteiger charge is -2.22. The summed E-state index contributed by atoms with van der Waals surface area (Å²) in [5.74, 6) is 2.29. The summed E-state index contributed by atoms with van der Waals surface area (Å²) >= 11 is 0. The van der Waals surface area contributed by atoms with Crippen molar-refractivity contribution < 1.29 is 13.9 Å². The molecule has 1 aliphatic heterocycles. The zero-order valence-electron chi connectivity index (χ0n) is 14.3. The molecule has 128 valence electrons. The Morgan fingerprint density at radius 3 is 2.75 bits per heavy atom. The average molecular weight is 329 g/mol. The van der Waals surface area contributed by atoms with Gasteiger partial charge in [-0.15, -0.1) is 0 Å². The van der Waals surface area contributed by atoms with E-state index in [-0.39, 0.29) is 11.9 Å². The van der Waals surface area contributed by atoms with Gasteiger partial charge in [0.15, 0.2) is 0 Å². The van der Waals surface area contributed by atoms with Crippen LogP contribution in [-0.4, -0.2) is 35.5 Å². The van der Waals surface area contributed by atoms with Gasteiger partial charge in [-0.2, -0.15) is 0 Å². The van der Waals surface area contributed by atoms with Crippen molar-refractivity contribution in [1.82, 2.24) is 9.88 Å². The molecule has 6 heteroatoms. The van der Waals surface area contributed by atoms with Crippen LogP contribution in [-0.2, 0) is 11.3 Å². The molecule has 1 aromatic heterocycles. The molecule has 3 rings (SSSR count). The summed E-state index contributed by atoms with van der Waals surface area (Å²) in [4.78, 5) is 19.2.